The number of nitrogens with one attached hydrogen (secondary N) is 1. The van der Waals surface area contributed by atoms with Crippen LogP contribution in [0.5, 0.6) is 0 Å². The predicted molar refractivity (Wildman–Crippen MR) is 102 cm³/mol. The molecule has 0 bridgehead atoms. The maximum Gasteiger partial charge on any atom is 0.325 e. The molecule has 0 atom stereocenters. The van der Waals surface area contributed by atoms with Crippen molar-refractivity contribution in [1.29, 1.82) is 0 Å². The molecule has 11 heteroatoms. The van der Waals surface area contributed by atoms with Gasteiger partial charge in [0, 0.05) is 36.4 Å². The molecule has 3 amide bonds. The van der Waals surface area contributed by atoms with Crippen molar-refractivity contribution in [2.75, 3.05) is 6.54 Å². The van der Waals surface area contributed by atoms with Gasteiger partial charge in [-0.05, 0) is 30.5 Å². The lowest BCUT2D eigenvalue weighted by atomic mass is 9.80. The van der Waals surface area contributed by atoms with Crippen LogP contribution in [0.25, 0.3) is 0 Å². The Bertz CT molecular complexity index is 1040. The number of aromatic nitrogens is 1. The number of carbonyl (C=O) groups is 3. The Morgan fingerprint density at radius 1 is 1.10 bits per heavy atom. The lowest BCUT2D eigenvalue weighted by molar-refractivity contribution is -0.135. The third-order valence-electron chi connectivity index (χ3n) is 5.48. The van der Waals surface area contributed by atoms with Crippen molar-refractivity contribution < 1.29 is 31.9 Å². The Hall–Kier alpha value is -2.82. The molecule has 1 saturated heterocycles. The van der Waals surface area contributed by atoms with E-state index < -0.39 is 60.2 Å². The number of hydrogen-bond donors (Lipinski definition) is 1. The van der Waals surface area contributed by atoms with Gasteiger partial charge in [0.25, 0.3) is 5.91 Å². The van der Waals surface area contributed by atoms with Crippen molar-refractivity contribution in [2.45, 2.75) is 43.6 Å². The van der Waals surface area contributed by atoms with E-state index in [1.54, 1.807) is 0 Å². The molecule has 1 aromatic carbocycles. The lowest BCUT2D eigenvalue weighted by Gasteiger charge is -2.34. The van der Waals surface area contributed by atoms with Crippen molar-refractivity contribution in [1.82, 2.24) is 15.2 Å². The molecule has 1 aromatic heterocycles. The molecule has 0 radical (unpaired) electrons. The molecule has 4 rings (SSSR count). The van der Waals surface area contributed by atoms with E-state index in [-0.39, 0.29) is 24.3 Å². The molecule has 1 aliphatic carbocycles. The van der Waals surface area contributed by atoms with E-state index in [0.717, 1.165) is 22.3 Å². The summed E-state index contributed by atoms with van der Waals surface area (Å²) < 4.78 is 53.6. The van der Waals surface area contributed by atoms with E-state index in [1.165, 1.54) is 18.3 Å². The highest BCUT2D eigenvalue weighted by atomic mass is 32.1. The van der Waals surface area contributed by atoms with Gasteiger partial charge in [-0.2, -0.15) is 0 Å². The molecular formula is C20H17F4N3O3S. The molecule has 2 fully saturated rings. The Balaban J connectivity index is 1.43. The summed E-state index contributed by atoms with van der Waals surface area (Å²) in [6, 6.07) is 2.30. The van der Waals surface area contributed by atoms with Gasteiger partial charge < -0.3 is 5.32 Å². The number of rotatable bonds is 5. The number of alkyl halides is 2. The number of amides is 3. The fourth-order valence-corrected chi connectivity index (χ4v) is 4.72. The standard InChI is InChI=1S/C20H17F4N3O3S/c21-12-5-11(6-13(22)8-12)7-14-9-25-16(31-14)15(28)10-27-17(29)19(26-18(27)30)1-3-20(23,24)4-2-19/h5-6,8-9H,1-4,7,10H2,(H,26,30). The average molecular weight is 455 g/mol. The number of urea groups is 1. The van der Waals surface area contributed by atoms with Gasteiger partial charge >= 0.3 is 6.03 Å². The largest absolute Gasteiger partial charge is 0.325 e. The molecule has 1 spiro atoms. The quantitative estimate of drug-likeness (QED) is 0.424. The lowest BCUT2D eigenvalue weighted by Crippen LogP contribution is -2.51. The van der Waals surface area contributed by atoms with E-state index in [2.05, 4.69) is 10.3 Å². The van der Waals surface area contributed by atoms with E-state index in [1.807, 2.05) is 0 Å². The van der Waals surface area contributed by atoms with E-state index in [4.69, 9.17) is 0 Å². The molecule has 1 aliphatic heterocycles. The Kier molecular flexibility index (Phi) is 5.32. The minimum Gasteiger partial charge on any atom is -0.323 e. The smallest absolute Gasteiger partial charge is 0.323 e. The molecule has 31 heavy (non-hydrogen) atoms. The van der Waals surface area contributed by atoms with Gasteiger partial charge in [0.15, 0.2) is 5.01 Å². The summed E-state index contributed by atoms with van der Waals surface area (Å²) in [5.41, 5.74) is -1.03. The number of ketones is 1. The van der Waals surface area contributed by atoms with Gasteiger partial charge in [0.2, 0.25) is 11.7 Å². The number of thiazole rings is 1. The summed E-state index contributed by atoms with van der Waals surface area (Å²) in [5.74, 6) is -5.59. The van der Waals surface area contributed by atoms with Crippen molar-refractivity contribution in [3.63, 3.8) is 0 Å². The summed E-state index contributed by atoms with van der Waals surface area (Å²) in [6.45, 7) is -0.565. The first-order valence-electron chi connectivity index (χ1n) is 9.52. The monoisotopic (exact) mass is 455 g/mol. The molecule has 2 aliphatic rings. The SMILES string of the molecule is O=C(CN1C(=O)NC2(CCC(F)(F)CC2)C1=O)c1ncc(Cc2cc(F)cc(F)c2)s1. The van der Waals surface area contributed by atoms with E-state index in [9.17, 15) is 31.9 Å². The molecule has 2 heterocycles. The van der Waals surface area contributed by atoms with Crippen LogP contribution in [-0.4, -0.2) is 45.6 Å². The number of Topliss-reactive ketones (excluding diaryl/α,β-unsaturated/α-hetero) is 1. The normalized spacial score (nSPS) is 19.7. The van der Waals surface area contributed by atoms with E-state index >= 15 is 0 Å². The summed E-state index contributed by atoms with van der Waals surface area (Å²) in [4.78, 5) is 42.9. The molecule has 1 saturated carbocycles. The van der Waals surface area contributed by atoms with Crippen LogP contribution in [0, 0.1) is 11.6 Å². The van der Waals surface area contributed by atoms with Gasteiger partial charge in [0.05, 0.1) is 6.54 Å². The van der Waals surface area contributed by atoms with Crippen LogP contribution >= 0.6 is 11.3 Å². The first-order chi connectivity index (χ1) is 14.6. The predicted octanol–water partition coefficient (Wildman–Crippen LogP) is 3.69. The van der Waals surface area contributed by atoms with Crippen molar-refractivity contribution in [3.8, 4) is 0 Å². The summed E-state index contributed by atoms with van der Waals surface area (Å²) in [6.07, 6.45) is 0.119. The molecule has 1 N–H and O–H groups in total. The Labute approximate surface area is 178 Å². The zero-order valence-electron chi connectivity index (χ0n) is 16.1. The second-order valence-electron chi connectivity index (χ2n) is 7.77. The second kappa shape index (κ2) is 7.70. The van der Waals surface area contributed by atoms with Gasteiger partial charge in [-0.25, -0.2) is 27.3 Å². The number of imide groups is 1. The third kappa shape index (κ3) is 4.32. The molecular weight excluding hydrogens is 438 g/mol. The maximum absolute atomic E-state index is 13.5. The molecule has 164 valence electrons. The van der Waals surface area contributed by atoms with Gasteiger partial charge in [-0.1, -0.05) is 0 Å². The summed E-state index contributed by atoms with van der Waals surface area (Å²) in [5, 5.41) is 2.51. The van der Waals surface area contributed by atoms with Crippen LogP contribution in [0.4, 0.5) is 22.4 Å². The third-order valence-corrected chi connectivity index (χ3v) is 6.51. The molecule has 6 nitrogen and oxygen atoms in total. The maximum atomic E-state index is 13.5. The minimum absolute atomic E-state index is 0.0311. The number of carbonyl (C=O) groups excluding carboxylic acids is 3. The van der Waals surface area contributed by atoms with Crippen LogP contribution in [0.2, 0.25) is 0 Å². The van der Waals surface area contributed by atoms with Crippen LogP contribution < -0.4 is 5.32 Å². The van der Waals surface area contributed by atoms with Crippen LogP contribution in [0.1, 0.15) is 45.9 Å². The van der Waals surface area contributed by atoms with Crippen LogP contribution in [0.15, 0.2) is 24.4 Å². The topological polar surface area (TPSA) is 79.4 Å². The highest BCUT2D eigenvalue weighted by Gasteiger charge is 2.55. The first-order valence-corrected chi connectivity index (χ1v) is 10.3. The fraction of sp³-hybridized carbons (Fsp3) is 0.400. The number of halogens is 4. The Morgan fingerprint density at radius 3 is 2.39 bits per heavy atom. The second-order valence-corrected chi connectivity index (χ2v) is 8.88. The minimum atomic E-state index is -2.87. The van der Waals surface area contributed by atoms with Gasteiger partial charge in [-0.15, -0.1) is 11.3 Å². The summed E-state index contributed by atoms with van der Waals surface area (Å²) in [7, 11) is 0. The number of benzene rings is 1. The first kappa shape index (κ1) is 21.4. The van der Waals surface area contributed by atoms with Crippen molar-refractivity contribution in [3.05, 3.63) is 51.5 Å². The molecule has 0 unspecified atom stereocenters. The van der Waals surface area contributed by atoms with Gasteiger partial charge in [-0.3, -0.25) is 14.5 Å². The number of hydrogen-bond acceptors (Lipinski definition) is 5. The van der Waals surface area contributed by atoms with Crippen LogP contribution in [-0.2, 0) is 11.2 Å². The zero-order chi connectivity index (χ0) is 22.4. The highest BCUT2D eigenvalue weighted by molar-refractivity contribution is 7.13. The van der Waals surface area contributed by atoms with Crippen LogP contribution in [0.3, 0.4) is 0 Å². The van der Waals surface area contributed by atoms with Crippen molar-refractivity contribution in [2.24, 2.45) is 0 Å². The summed E-state index contributed by atoms with van der Waals surface area (Å²) >= 11 is 0.986. The van der Waals surface area contributed by atoms with Crippen molar-refractivity contribution >= 4 is 29.1 Å². The fourth-order valence-electron chi connectivity index (χ4n) is 3.84. The Morgan fingerprint density at radius 2 is 1.74 bits per heavy atom. The van der Waals surface area contributed by atoms with Gasteiger partial charge in [0.1, 0.15) is 17.2 Å². The van der Waals surface area contributed by atoms with E-state index in [0.29, 0.717) is 10.4 Å². The zero-order valence-corrected chi connectivity index (χ0v) is 16.9. The average Bonchev–Trinajstić information content (AvgIpc) is 3.22. The highest BCUT2D eigenvalue weighted by Crippen LogP contribution is 2.41. The molecule has 2 aromatic rings. The number of nitrogens with zero attached hydrogens (tertiary/aromatic N) is 2.